The average molecular weight is 588 g/mol. The second kappa shape index (κ2) is 11.9. The minimum absolute atomic E-state index is 0.132. The van der Waals surface area contributed by atoms with Crippen LogP contribution in [-0.4, -0.2) is 59.3 Å². The van der Waals surface area contributed by atoms with E-state index in [-0.39, 0.29) is 61.1 Å². The summed E-state index contributed by atoms with van der Waals surface area (Å²) in [4.78, 5) is 43.0. The van der Waals surface area contributed by atoms with Crippen LogP contribution in [0, 0.1) is 11.6 Å². The number of rotatable bonds is 8. The fourth-order valence-corrected chi connectivity index (χ4v) is 4.98. The fraction of sp³-hybridized carbons (Fsp3) is 0.296. The van der Waals surface area contributed by atoms with E-state index in [0.717, 1.165) is 16.5 Å². The summed E-state index contributed by atoms with van der Waals surface area (Å²) in [5, 5.41) is 6.48. The molecule has 0 spiro atoms. The Bertz CT molecular complexity index is 1380. The van der Waals surface area contributed by atoms with Gasteiger partial charge in [-0.2, -0.15) is 0 Å². The molecule has 2 heterocycles. The van der Waals surface area contributed by atoms with Crippen LogP contribution in [-0.2, 0) is 20.8 Å². The normalized spacial score (nSPS) is 15.1. The van der Waals surface area contributed by atoms with Gasteiger partial charge in [0, 0.05) is 42.8 Å². The van der Waals surface area contributed by atoms with Crippen LogP contribution in [0.2, 0.25) is 0 Å². The Morgan fingerprint density at radius 2 is 1.89 bits per heavy atom. The van der Waals surface area contributed by atoms with Crippen LogP contribution in [0.15, 0.2) is 53.1 Å². The molecule has 5 N–H and O–H groups in total. The van der Waals surface area contributed by atoms with E-state index in [1.165, 1.54) is 42.5 Å². The monoisotopic (exact) mass is 587 g/mol. The fourth-order valence-electron chi connectivity index (χ4n) is 4.58. The second-order valence-corrected chi connectivity index (χ2v) is 10.0. The first-order valence-corrected chi connectivity index (χ1v) is 13.0. The minimum atomic E-state index is -1.23. The lowest BCUT2D eigenvalue weighted by Crippen LogP contribution is -2.64. The molecule has 1 saturated heterocycles. The Labute approximate surface area is 226 Å². The molecule has 4 rings (SSSR count). The van der Waals surface area contributed by atoms with Gasteiger partial charge in [-0.3, -0.25) is 14.4 Å². The van der Waals surface area contributed by atoms with Crippen LogP contribution in [0.25, 0.3) is 17.0 Å². The standard InChI is InChI=1S/C27H28BrF2N5O3/c28-21-13-17(1-4-22(21)30)2-6-24(36)34-27(8-11-35(12-9-27)25(37)15-31)26(38)32-10-7-18-16-33-23-5-3-19(29)14-20(18)23/h1-6,13-14,16,33H,7-12,15,31H2,(H,32,38)(H,34,36). The number of aromatic amines is 1. The predicted molar refractivity (Wildman–Crippen MR) is 144 cm³/mol. The molecule has 1 aliphatic heterocycles. The molecule has 0 bridgehead atoms. The number of nitrogens with one attached hydrogen (secondary N) is 3. The number of hydrogen-bond acceptors (Lipinski definition) is 4. The lowest BCUT2D eigenvalue weighted by atomic mass is 9.86. The number of nitrogens with two attached hydrogens (primary N) is 1. The molecule has 11 heteroatoms. The highest BCUT2D eigenvalue weighted by molar-refractivity contribution is 9.10. The molecule has 0 unspecified atom stereocenters. The third kappa shape index (κ3) is 6.28. The molecule has 1 aromatic heterocycles. The maximum atomic E-state index is 13.7. The molecule has 0 aliphatic carbocycles. The molecular formula is C27H28BrF2N5O3. The Balaban J connectivity index is 1.45. The van der Waals surface area contributed by atoms with Gasteiger partial charge < -0.3 is 26.3 Å². The number of carbonyl (C=O) groups is 3. The summed E-state index contributed by atoms with van der Waals surface area (Å²) < 4.78 is 27.5. The van der Waals surface area contributed by atoms with E-state index in [0.29, 0.717) is 12.0 Å². The molecule has 1 aliphatic rings. The van der Waals surface area contributed by atoms with Gasteiger partial charge in [-0.05, 0) is 82.7 Å². The Hall–Kier alpha value is -3.57. The summed E-state index contributed by atoms with van der Waals surface area (Å²) in [5.74, 6) is -1.85. The van der Waals surface area contributed by atoms with Crippen molar-refractivity contribution in [3.05, 3.63) is 75.9 Å². The van der Waals surface area contributed by atoms with E-state index < -0.39 is 17.3 Å². The molecule has 8 nitrogen and oxygen atoms in total. The maximum Gasteiger partial charge on any atom is 0.245 e. The summed E-state index contributed by atoms with van der Waals surface area (Å²) >= 11 is 3.11. The van der Waals surface area contributed by atoms with E-state index in [1.54, 1.807) is 17.2 Å². The minimum Gasteiger partial charge on any atom is -0.361 e. The highest BCUT2D eigenvalue weighted by atomic mass is 79.9. The van der Waals surface area contributed by atoms with Crippen molar-refractivity contribution in [1.29, 1.82) is 0 Å². The topological polar surface area (TPSA) is 120 Å². The number of carbonyl (C=O) groups excluding carboxylic acids is 3. The highest BCUT2D eigenvalue weighted by Crippen LogP contribution is 2.24. The summed E-state index contributed by atoms with van der Waals surface area (Å²) in [7, 11) is 0. The van der Waals surface area contributed by atoms with Crippen LogP contribution in [0.5, 0.6) is 0 Å². The van der Waals surface area contributed by atoms with Crippen molar-refractivity contribution in [3.8, 4) is 0 Å². The van der Waals surface area contributed by atoms with Gasteiger partial charge >= 0.3 is 0 Å². The molecule has 3 amide bonds. The molecule has 0 radical (unpaired) electrons. The number of aromatic nitrogens is 1. The first kappa shape index (κ1) is 27.5. The molecule has 200 valence electrons. The molecule has 3 aromatic rings. The number of halogens is 3. The number of H-pyrrole nitrogens is 1. The van der Waals surface area contributed by atoms with Gasteiger partial charge in [0.15, 0.2) is 0 Å². The van der Waals surface area contributed by atoms with E-state index in [9.17, 15) is 23.2 Å². The first-order valence-electron chi connectivity index (χ1n) is 12.2. The maximum absolute atomic E-state index is 13.7. The molecule has 38 heavy (non-hydrogen) atoms. The van der Waals surface area contributed by atoms with E-state index in [2.05, 4.69) is 31.5 Å². The lowest BCUT2D eigenvalue weighted by molar-refractivity contribution is -0.138. The summed E-state index contributed by atoms with van der Waals surface area (Å²) in [6.07, 6.45) is 5.47. The van der Waals surface area contributed by atoms with Crippen LogP contribution in [0.4, 0.5) is 8.78 Å². The molecular weight excluding hydrogens is 560 g/mol. The first-order chi connectivity index (χ1) is 18.2. The number of nitrogens with zero attached hydrogens (tertiary/aromatic N) is 1. The van der Waals surface area contributed by atoms with Crippen molar-refractivity contribution in [2.24, 2.45) is 5.73 Å². The van der Waals surface area contributed by atoms with E-state index in [4.69, 9.17) is 5.73 Å². The number of hydrogen-bond donors (Lipinski definition) is 4. The number of fused-ring (bicyclic) bond motifs is 1. The Morgan fingerprint density at radius 3 is 2.61 bits per heavy atom. The van der Waals surface area contributed by atoms with Crippen molar-refractivity contribution in [2.45, 2.75) is 24.8 Å². The zero-order valence-electron chi connectivity index (χ0n) is 20.5. The van der Waals surface area contributed by atoms with Gasteiger partial charge in [0.2, 0.25) is 17.7 Å². The van der Waals surface area contributed by atoms with Crippen molar-refractivity contribution >= 4 is 50.6 Å². The largest absolute Gasteiger partial charge is 0.361 e. The van der Waals surface area contributed by atoms with Crippen molar-refractivity contribution in [3.63, 3.8) is 0 Å². The summed E-state index contributed by atoms with van der Waals surface area (Å²) in [6.45, 7) is 0.664. The van der Waals surface area contributed by atoms with Crippen LogP contribution < -0.4 is 16.4 Å². The zero-order chi connectivity index (χ0) is 27.3. The quantitative estimate of drug-likeness (QED) is 0.303. The molecule has 1 fully saturated rings. The third-order valence-electron chi connectivity index (χ3n) is 6.72. The van der Waals surface area contributed by atoms with Gasteiger partial charge in [0.1, 0.15) is 17.2 Å². The zero-order valence-corrected chi connectivity index (χ0v) is 22.1. The van der Waals surface area contributed by atoms with Gasteiger partial charge in [-0.15, -0.1) is 0 Å². The van der Waals surface area contributed by atoms with Gasteiger partial charge in [-0.25, -0.2) is 8.78 Å². The number of amides is 3. The number of benzene rings is 2. The Morgan fingerprint density at radius 1 is 1.13 bits per heavy atom. The van der Waals surface area contributed by atoms with E-state index in [1.807, 2.05) is 0 Å². The molecule has 0 saturated carbocycles. The predicted octanol–water partition coefficient (Wildman–Crippen LogP) is 3.02. The van der Waals surface area contributed by atoms with Gasteiger partial charge in [-0.1, -0.05) is 6.07 Å². The molecule has 2 aromatic carbocycles. The molecule has 0 atom stereocenters. The van der Waals surface area contributed by atoms with Crippen LogP contribution >= 0.6 is 15.9 Å². The van der Waals surface area contributed by atoms with Crippen molar-refractivity contribution in [2.75, 3.05) is 26.2 Å². The van der Waals surface area contributed by atoms with Crippen molar-refractivity contribution < 1.29 is 23.2 Å². The van der Waals surface area contributed by atoms with Gasteiger partial charge in [0.05, 0.1) is 11.0 Å². The number of likely N-dealkylation sites (tertiary alicyclic amines) is 1. The number of piperidine rings is 1. The highest BCUT2D eigenvalue weighted by Gasteiger charge is 2.43. The van der Waals surface area contributed by atoms with Crippen LogP contribution in [0.1, 0.15) is 24.0 Å². The second-order valence-electron chi connectivity index (χ2n) is 9.17. The van der Waals surface area contributed by atoms with E-state index >= 15 is 0 Å². The lowest BCUT2D eigenvalue weighted by Gasteiger charge is -2.40. The third-order valence-corrected chi connectivity index (χ3v) is 7.33. The summed E-state index contributed by atoms with van der Waals surface area (Å²) in [5.41, 5.74) is 6.51. The van der Waals surface area contributed by atoms with Crippen molar-refractivity contribution in [1.82, 2.24) is 20.5 Å². The average Bonchev–Trinajstić information content (AvgIpc) is 3.31. The van der Waals surface area contributed by atoms with Gasteiger partial charge in [0.25, 0.3) is 0 Å². The SMILES string of the molecule is NCC(=O)N1CCC(NC(=O)C=Cc2ccc(F)c(Br)c2)(C(=O)NCCc2c[nH]c3ccc(F)cc23)CC1. The van der Waals surface area contributed by atoms with Crippen LogP contribution in [0.3, 0.4) is 0 Å². The summed E-state index contributed by atoms with van der Waals surface area (Å²) in [6, 6.07) is 8.83. The Kier molecular flexibility index (Phi) is 8.58. The smallest absolute Gasteiger partial charge is 0.245 e.